The van der Waals surface area contributed by atoms with Gasteiger partial charge in [-0.3, -0.25) is 0 Å². The number of thiophene rings is 1. The van der Waals surface area contributed by atoms with Gasteiger partial charge in [0.25, 0.3) is 0 Å². The van der Waals surface area contributed by atoms with Gasteiger partial charge in [-0.15, -0.1) is 11.3 Å². The highest BCUT2D eigenvalue weighted by atomic mass is 32.1. The highest BCUT2D eigenvalue weighted by molar-refractivity contribution is 7.10. The van der Waals surface area contributed by atoms with E-state index in [9.17, 15) is 0 Å². The van der Waals surface area contributed by atoms with Gasteiger partial charge in [-0.2, -0.15) is 0 Å². The summed E-state index contributed by atoms with van der Waals surface area (Å²) in [6.07, 6.45) is 1.19. The summed E-state index contributed by atoms with van der Waals surface area (Å²) in [7, 11) is 6.38. The van der Waals surface area contributed by atoms with Crippen molar-refractivity contribution in [1.82, 2.24) is 9.80 Å². The zero-order valence-corrected chi connectivity index (χ0v) is 12.4. The summed E-state index contributed by atoms with van der Waals surface area (Å²) >= 11 is 1.77. The first kappa shape index (κ1) is 15.2. The van der Waals surface area contributed by atoms with Crippen molar-refractivity contribution in [1.29, 1.82) is 0 Å². The third-order valence-corrected chi connectivity index (χ3v) is 3.53. The minimum Gasteiger partial charge on any atom is -0.320 e. The molecule has 0 saturated carbocycles. The van der Waals surface area contributed by atoms with Crippen LogP contribution in [0.2, 0.25) is 0 Å². The summed E-state index contributed by atoms with van der Waals surface area (Å²) in [5, 5.41) is 2.10. The smallest absolute Gasteiger partial charge is 0.0555 e. The maximum atomic E-state index is 5.41. The normalized spacial score (nSPS) is 10.8. The fraction of sp³-hybridized carbons (Fsp3) is 0.571. The van der Waals surface area contributed by atoms with Gasteiger partial charge in [0, 0.05) is 17.0 Å². The van der Waals surface area contributed by atoms with Crippen LogP contribution in [0.15, 0.2) is 11.4 Å². The van der Waals surface area contributed by atoms with Crippen molar-refractivity contribution in [3.63, 3.8) is 0 Å². The Kier molecular flexibility index (Phi) is 6.99. The van der Waals surface area contributed by atoms with E-state index in [1.165, 1.54) is 11.3 Å². The van der Waals surface area contributed by atoms with E-state index in [4.69, 9.17) is 5.73 Å². The Hall–Kier alpha value is -0.860. The predicted molar refractivity (Wildman–Crippen MR) is 79.8 cm³/mol. The largest absolute Gasteiger partial charge is 0.320 e. The fourth-order valence-electron chi connectivity index (χ4n) is 1.70. The van der Waals surface area contributed by atoms with Crippen LogP contribution in [0.25, 0.3) is 0 Å². The summed E-state index contributed by atoms with van der Waals surface area (Å²) in [4.78, 5) is 5.91. The predicted octanol–water partition coefficient (Wildman–Crippen LogP) is 1.44. The van der Waals surface area contributed by atoms with Gasteiger partial charge in [0.15, 0.2) is 0 Å². The van der Waals surface area contributed by atoms with Gasteiger partial charge < -0.3 is 15.5 Å². The first-order valence-electron chi connectivity index (χ1n) is 6.22. The summed E-state index contributed by atoms with van der Waals surface area (Å²) in [6, 6.07) is 2.08. The molecule has 0 spiro atoms. The standard InChI is InChI=1S/C14H23N3S/c1-16(2)9-5-10-17(3)12-14-13(6-4-8-15)7-11-18-14/h7,11H,5,8-10,12,15H2,1-3H3. The Balaban J connectivity index is 2.44. The molecule has 1 aromatic rings. The van der Waals surface area contributed by atoms with Crippen LogP contribution in [0.5, 0.6) is 0 Å². The van der Waals surface area contributed by atoms with Crippen molar-refractivity contribution in [3.8, 4) is 11.8 Å². The molecule has 0 bridgehead atoms. The summed E-state index contributed by atoms with van der Waals surface area (Å²) < 4.78 is 0. The van der Waals surface area contributed by atoms with Crippen molar-refractivity contribution in [2.75, 3.05) is 40.8 Å². The first-order chi connectivity index (χ1) is 8.63. The van der Waals surface area contributed by atoms with E-state index in [2.05, 4.69) is 54.2 Å². The molecule has 0 atom stereocenters. The second-order valence-corrected chi connectivity index (χ2v) is 5.66. The van der Waals surface area contributed by atoms with Crippen molar-refractivity contribution in [2.45, 2.75) is 13.0 Å². The molecule has 0 unspecified atom stereocenters. The van der Waals surface area contributed by atoms with Crippen LogP contribution in [0.1, 0.15) is 16.9 Å². The van der Waals surface area contributed by atoms with Crippen LogP contribution in [0, 0.1) is 11.8 Å². The van der Waals surface area contributed by atoms with Crippen LogP contribution in [-0.4, -0.2) is 50.6 Å². The molecule has 1 aromatic heterocycles. The minimum atomic E-state index is 0.425. The molecule has 4 heteroatoms. The lowest BCUT2D eigenvalue weighted by Gasteiger charge is -2.17. The highest BCUT2D eigenvalue weighted by Crippen LogP contribution is 2.17. The molecule has 0 fully saturated rings. The molecule has 0 radical (unpaired) electrons. The third-order valence-electron chi connectivity index (χ3n) is 2.63. The molecular formula is C14H23N3S. The summed E-state index contributed by atoms with van der Waals surface area (Å²) in [6.45, 7) is 3.64. The van der Waals surface area contributed by atoms with E-state index in [1.54, 1.807) is 11.3 Å². The van der Waals surface area contributed by atoms with E-state index < -0.39 is 0 Å². The zero-order chi connectivity index (χ0) is 13.4. The number of nitrogens with zero attached hydrogens (tertiary/aromatic N) is 2. The maximum Gasteiger partial charge on any atom is 0.0555 e. The quantitative estimate of drug-likeness (QED) is 0.790. The van der Waals surface area contributed by atoms with E-state index >= 15 is 0 Å². The number of nitrogens with two attached hydrogens (primary N) is 1. The Morgan fingerprint density at radius 1 is 1.28 bits per heavy atom. The molecule has 0 aromatic carbocycles. The molecule has 0 saturated heterocycles. The maximum absolute atomic E-state index is 5.41. The average Bonchev–Trinajstić information content (AvgIpc) is 2.73. The minimum absolute atomic E-state index is 0.425. The molecule has 0 amide bonds. The molecule has 2 N–H and O–H groups in total. The van der Waals surface area contributed by atoms with Crippen molar-refractivity contribution in [3.05, 3.63) is 21.9 Å². The molecule has 18 heavy (non-hydrogen) atoms. The Bertz CT molecular complexity index is 401. The Morgan fingerprint density at radius 3 is 2.72 bits per heavy atom. The Labute approximate surface area is 115 Å². The summed E-state index contributed by atoms with van der Waals surface area (Å²) in [5.41, 5.74) is 6.53. The number of hydrogen-bond donors (Lipinski definition) is 1. The van der Waals surface area contributed by atoms with E-state index in [1.807, 2.05) is 0 Å². The van der Waals surface area contributed by atoms with Crippen LogP contribution in [0.4, 0.5) is 0 Å². The first-order valence-corrected chi connectivity index (χ1v) is 7.10. The van der Waals surface area contributed by atoms with Crippen LogP contribution >= 0.6 is 11.3 Å². The molecule has 0 aliphatic rings. The van der Waals surface area contributed by atoms with E-state index in [0.717, 1.165) is 25.2 Å². The lowest BCUT2D eigenvalue weighted by atomic mass is 10.2. The van der Waals surface area contributed by atoms with Crippen molar-refractivity contribution in [2.24, 2.45) is 5.73 Å². The van der Waals surface area contributed by atoms with Gasteiger partial charge in [0.1, 0.15) is 0 Å². The molecule has 1 heterocycles. The fourth-order valence-corrected chi connectivity index (χ4v) is 2.61. The van der Waals surface area contributed by atoms with Gasteiger partial charge in [-0.1, -0.05) is 11.8 Å². The SMILES string of the molecule is CN(C)CCCN(C)Cc1sccc1C#CCN. The number of rotatable bonds is 6. The summed E-state index contributed by atoms with van der Waals surface area (Å²) in [5.74, 6) is 6.05. The molecule has 100 valence electrons. The highest BCUT2D eigenvalue weighted by Gasteiger charge is 2.05. The van der Waals surface area contributed by atoms with E-state index in [0.29, 0.717) is 6.54 Å². The van der Waals surface area contributed by atoms with Gasteiger partial charge in [-0.25, -0.2) is 0 Å². The van der Waals surface area contributed by atoms with Crippen LogP contribution < -0.4 is 5.73 Å². The van der Waals surface area contributed by atoms with Gasteiger partial charge in [0.05, 0.1) is 6.54 Å². The monoisotopic (exact) mass is 265 g/mol. The van der Waals surface area contributed by atoms with Crippen LogP contribution in [-0.2, 0) is 6.54 Å². The van der Waals surface area contributed by atoms with Gasteiger partial charge >= 0.3 is 0 Å². The topological polar surface area (TPSA) is 32.5 Å². The molecule has 0 aliphatic carbocycles. The molecule has 0 aliphatic heterocycles. The Morgan fingerprint density at radius 2 is 2.06 bits per heavy atom. The second kappa shape index (κ2) is 8.28. The zero-order valence-electron chi connectivity index (χ0n) is 11.6. The molecular weight excluding hydrogens is 242 g/mol. The van der Waals surface area contributed by atoms with Crippen molar-refractivity contribution < 1.29 is 0 Å². The van der Waals surface area contributed by atoms with Gasteiger partial charge in [-0.05, 0) is 52.1 Å². The lowest BCUT2D eigenvalue weighted by molar-refractivity contribution is 0.296. The molecule has 1 rings (SSSR count). The number of hydrogen-bond acceptors (Lipinski definition) is 4. The van der Waals surface area contributed by atoms with E-state index in [-0.39, 0.29) is 0 Å². The molecule has 3 nitrogen and oxygen atoms in total. The second-order valence-electron chi connectivity index (χ2n) is 4.66. The van der Waals surface area contributed by atoms with Crippen LogP contribution in [0.3, 0.4) is 0 Å². The lowest BCUT2D eigenvalue weighted by Crippen LogP contribution is -2.23. The van der Waals surface area contributed by atoms with Gasteiger partial charge in [0.2, 0.25) is 0 Å². The average molecular weight is 265 g/mol. The van der Waals surface area contributed by atoms with Crippen molar-refractivity contribution >= 4 is 11.3 Å². The third kappa shape index (κ3) is 5.65.